The minimum atomic E-state index is -0.0159. The van der Waals surface area contributed by atoms with Crippen molar-refractivity contribution in [3.05, 3.63) is 29.3 Å². The van der Waals surface area contributed by atoms with Gasteiger partial charge in [-0.3, -0.25) is 4.98 Å². The number of fused-ring (bicyclic) bond motifs is 1. The van der Waals surface area contributed by atoms with Crippen molar-refractivity contribution in [3.8, 4) is 0 Å². The van der Waals surface area contributed by atoms with Gasteiger partial charge in [-0.05, 0) is 32.6 Å². The zero-order valence-electron chi connectivity index (χ0n) is 14.9. The first-order valence-electron chi connectivity index (χ1n) is 8.89. The van der Waals surface area contributed by atoms with Gasteiger partial charge in [0.05, 0.1) is 16.8 Å². The Bertz CT molecular complexity index is 756. The van der Waals surface area contributed by atoms with Crippen LogP contribution in [0.5, 0.6) is 0 Å². The monoisotopic (exact) mass is 327 g/mol. The van der Waals surface area contributed by atoms with Gasteiger partial charge in [0.15, 0.2) is 5.82 Å². The molecule has 0 N–H and O–H groups in total. The standard InChI is InChI=1S/C18H25N5O/c1-11(2)15-21-17(24-22-15)18-7-5-6-14(18)9-23(10-18)16-13(4)19-8-12(3)20-16/h8,11,14H,5-7,9-10H2,1-4H3/t14-,18-/m0/s1. The Hall–Kier alpha value is -1.98. The Morgan fingerprint density at radius 1 is 1.29 bits per heavy atom. The zero-order chi connectivity index (χ0) is 16.9. The normalized spacial score (nSPS) is 26.4. The van der Waals surface area contributed by atoms with E-state index in [1.807, 2.05) is 20.0 Å². The third-order valence-electron chi connectivity index (χ3n) is 5.61. The van der Waals surface area contributed by atoms with Gasteiger partial charge in [-0.25, -0.2) is 4.98 Å². The lowest BCUT2D eigenvalue weighted by Crippen LogP contribution is -2.33. The molecule has 2 aromatic rings. The van der Waals surface area contributed by atoms with Crippen LogP contribution in [0.3, 0.4) is 0 Å². The summed E-state index contributed by atoms with van der Waals surface area (Å²) in [7, 11) is 0. The van der Waals surface area contributed by atoms with Crippen LogP contribution in [0, 0.1) is 19.8 Å². The molecule has 24 heavy (non-hydrogen) atoms. The molecule has 1 saturated carbocycles. The average molecular weight is 327 g/mol. The molecule has 1 aliphatic heterocycles. The van der Waals surface area contributed by atoms with Gasteiger partial charge in [0.1, 0.15) is 5.82 Å². The van der Waals surface area contributed by atoms with E-state index in [-0.39, 0.29) is 5.41 Å². The highest BCUT2D eigenvalue weighted by atomic mass is 16.5. The van der Waals surface area contributed by atoms with E-state index in [1.165, 1.54) is 12.8 Å². The molecule has 2 atom stereocenters. The fourth-order valence-electron chi connectivity index (χ4n) is 4.30. The van der Waals surface area contributed by atoms with Crippen LogP contribution in [0.2, 0.25) is 0 Å². The predicted molar refractivity (Wildman–Crippen MR) is 91.1 cm³/mol. The zero-order valence-corrected chi connectivity index (χ0v) is 14.9. The first-order chi connectivity index (χ1) is 11.5. The van der Waals surface area contributed by atoms with Crippen molar-refractivity contribution in [2.24, 2.45) is 5.92 Å². The summed E-state index contributed by atoms with van der Waals surface area (Å²) in [6.07, 6.45) is 5.40. The van der Waals surface area contributed by atoms with E-state index in [0.717, 1.165) is 48.4 Å². The van der Waals surface area contributed by atoms with E-state index in [0.29, 0.717) is 11.8 Å². The van der Waals surface area contributed by atoms with Gasteiger partial charge in [0, 0.05) is 25.2 Å². The molecule has 2 aromatic heterocycles. The minimum absolute atomic E-state index is 0.0159. The molecule has 0 aromatic carbocycles. The van der Waals surface area contributed by atoms with Crippen LogP contribution < -0.4 is 4.90 Å². The summed E-state index contributed by atoms with van der Waals surface area (Å²) >= 11 is 0. The van der Waals surface area contributed by atoms with E-state index in [4.69, 9.17) is 14.5 Å². The molecule has 1 saturated heterocycles. The van der Waals surface area contributed by atoms with Crippen molar-refractivity contribution >= 4 is 5.82 Å². The van der Waals surface area contributed by atoms with Crippen LogP contribution in [-0.4, -0.2) is 33.2 Å². The lowest BCUT2D eigenvalue weighted by molar-refractivity contribution is 0.264. The second kappa shape index (κ2) is 5.53. The van der Waals surface area contributed by atoms with Gasteiger partial charge in [-0.1, -0.05) is 25.4 Å². The van der Waals surface area contributed by atoms with E-state index >= 15 is 0 Å². The number of nitrogens with zero attached hydrogens (tertiary/aromatic N) is 5. The topological polar surface area (TPSA) is 67.9 Å². The highest BCUT2D eigenvalue weighted by molar-refractivity contribution is 5.47. The number of rotatable bonds is 3. The van der Waals surface area contributed by atoms with Crippen LogP contribution >= 0.6 is 0 Å². The molecule has 6 heteroatoms. The number of aryl methyl sites for hydroxylation is 2. The summed E-state index contributed by atoms with van der Waals surface area (Å²) < 4.78 is 5.73. The van der Waals surface area contributed by atoms with Crippen LogP contribution in [0.1, 0.15) is 62.1 Å². The maximum atomic E-state index is 5.73. The third kappa shape index (κ3) is 2.31. The van der Waals surface area contributed by atoms with E-state index in [9.17, 15) is 0 Å². The molecule has 1 aliphatic carbocycles. The quantitative estimate of drug-likeness (QED) is 0.862. The summed E-state index contributed by atoms with van der Waals surface area (Å²) in [4.78, 5) is 16.3. The Kier molecular flexibility index (Phi) is 3.58. The third-order valence-corrected chi connectivity index (χ3v) is 5.61. The largest absolute Gasteiger partial charge is 0.354 e. The van der Waals surface area contributed by atoms with Crippen molar-refractivity contribution < 1.29 is 4.52 Å². The lowest BCUT2D eigenvalue weighted by atomic mass is 9.80. The summed E-state index contributed by atoms with van der Waals surface area (Å²) in [5.74, 6) is 3.50. The minimum Gasteiger partial charge on any atom is -0.354 e. The smallest absolute Gasteiger partial charge is 0.235 e. The van der Waals surface area contributed by atoms with Crippen LogP contribution in [0.15, 0.2) is 10.7 Å². The molecule has 2 fully saturated rings. The van der Waals surface area contributed by atoms with Gasteiger partial charge in [0.2, 0.25) is 5.89 Å². The summed E-state index contributed by atoms with van der Waals surface area (Å²) in [5, 5.41) is 4.21. The number of hydrogen-bond donors (Lipinski definition) is 0. The van der Waals surface area contributed by atoms with Crippen LogP contribution in [-0.2, 0) is 5.41 Å². The molecule has 0 unspecified atom stereocenters. The maximum Gasteiger partial charge on any atom is 0.235 e. The fraction of sp³-hybridized carbons (Fsp3) is 0.667. The molecule has 0 spiro atoms. The Morgan fingerprint density at radius 3 is 2.88 bits per heavy atom. The lowest BCUT2D eigenvalue weighted by Gasteiger charge is -2.25. The van der Waals surface area contributed by atoms with Gasteiger partial charge in [0.25, 0.3) is 0 Å². The Balaban J connectivity index is 1.69. The summed E-state index contributed by atoms with van der Waals surface area (Å²) in [5.41, 5.74) is 1.93. The van der Waals surface area contributed by atoms with Gasteiger partial charge in [-0.2, -0.15) is 4.98 Å². The highest BCUT2D eigenvalue weighted by Crippen LogP contribution is 2.50. The summed E-state index contributed by atoms with van der Waals surface area (Å²) in [6.45, 7) is 10.1. The fourth-order valence-corrected chi connectivity index (χ4v) is 4.30. The van der Waals surface area contributed by atoms with E-state index in [1.54, 1.807) is 0 Å². The van der Waals surface area contributed by atoms with Gasteiger partial charge < -0.3 is 9.42 Å². The molecule has 0 amide bonds. The molecule has 3 heterocycles. The highest BCUT2D eigenvalue weighted by Gasteiger charge is 2.54. The number of anilines is 1. The number of aromatic nitrogens is 4. The Morgan fingerprint density at radius 2 is 2.12 bits per heavy atom. The second-order valence-electron chi connectivity index (χ2n) is 7.66. The first-order valence-corrected chi connectivity index (χ1v) is 8.89. The first kappa shape index (κ1) is 15.5. The van der Waals surface area contributed by atoms with Gasteiger partial charge >= 0.3 is 0 Å². The summed E-state index contributed by atoms with van der Waals surface area (Å²) in [6, 6.07) is 0. The van der Waals surface area contributed by atoms with Crippen LogP contribution in [0.25, 0.3) is 0 Å². The molecule has 6 nitrogen and oxygen atoms in total. The number of hydrogen-bond acceptors (Lipinski definition) is 6. The predicted octanol–water partition coefficient (Wildman–Crippen LogP) is 3.16. The van der Waals surface area contributed by atoms with Gasteiger partial charge in [-0.15, -0.1) is 0 Å². The van der Waals surface area contributed by atoms with Crippen molar-refractivity contribution in [1.29, 1.82) is 0 Å². The van der Waals surface area contributed by atoms with Crippen LogP contribution in [0.4, 0.5) is 5.82 Å². The average Bonchev–Trinajstić information content (AvgIpc) is 3.21. The van der Waals surface area contributed by atoms with E-state index in [2.05, 4.69) is 28.9 Å². The Labute approximate surface area is 142 Å². The molecule has 0 bridgehead atoms. The van der Waals surface area contributed by atoms with Crippen molar-refractivity contribution in [3.63, 3.8) is 0 Å². The molecular weight excluding hydrogens is 302 g/mol. The molecule has 4 rings (SSSR count). The molecule has 0 radical (unpaired) electrons. The molecular formula is C18H25N5O. The second-order valence-corrected chi connectivity index (χ2v) is 7.66. The molecule has 128 valence electrons. The molecule has 2 aliphatic rings. The maximum absolute atomic E-state index is 5.73. The van der Waals surface area contributed by atoms with E-state index < -0.39 is 0 Å². The van der Waals surface area contributed by atoms with Crippen molar-refractivity contribution in [1.82, 2.24) is 20.1 Å². The van der Waals surface area contributed by atoms with Crippen molar-refractivity contribution in [2.45, 2.75) is 58.3 Å². The SMILES string of the molecule is Cc1cnc(C)c(N2C[C@@H]3CCC[C@]3(c3nc(C(C)C)no3)C2)n1. The van der Waals surface area contributed by atoms with Crippen molar-refractivity contribution in [2.75, 3.05) is 18.0 Å².